The summed E-state index contributed by atoms with van der Waals surface area (Å²) < 4.78 is 40.0. The Kier molecular flexibility index (Phi) is 7.69. The topological polar surface area (TPSA) is 32.3 Å². The van der Waals surface area contributed by atoms with E-state index in [1.54, 1.807) is 18.2 Å². The van der Waals surface area contributed by atoms with Gasteiger partial charge in [-0.2, -0.15) is 13.2 Å². The van der Waals surface area contributed by atoms with Gasteiger partial charge in [-0.3, -0.25) is 0 Å². The Bertz CT molecular complexity index is 1090. The molecule has 0 saturated carbocycles. The standard InChI is InChI=1S/C24H21Cl2F3N2O/c1-16-6-8-17(9-7-16)15-31(13-12-18-10-11-19(25)14-21(18)26)23(32)30-22-5-3-2-4-20(22)24(27,28)29/h2-11,14H,12-13,15H2,1H3,(H,30,32). The van der Waals surface area contributed by atoms with E-state index in [4.69, 9.17) is 23.2 Å². The minimum absolute atomic E-state index is 0.228. The van der Waals surface area contributed by atoms with Crippen molar-refractivity contribution >= 4 is 34.9 Å². The zero-order valence-electron chi connectivity index (χ0n) is 17.2. The number of nitrogens with zero attached hydrogens (tertiary/aromatic N) is 1. The third kappa shape index (κ3) is 6.40. The number of alkyl halides is 3. The molecule has 0 spiro atoms. The molecular formula is C24H21Cl2F3N2O. The van der Waals surface area contributed by atoms with Gasteiger partial charge in [0.2, 0.25) is 0 Å². The molecule has 3 aromatic carbocycles. The van der Waals surface area contributed by atoms with Crippen LogP contribution in [0.2, 0.25) is 10.0 Å². The molecule has 3 rings (SSSR count). The number of aryl methyl sites for hydroxylation is 1. The molecule has 0 aliphatic rings. The molecule has 32 heavy (non-hydrogen) atoms. The number of hydrogen-bond donors (Lipinski definition) is 1. The van der Waals surface area contributed by atoms with E-state index < -0.39 is 17.8 Å². The molecule has 3 aromatic rings. The molecule has 0 fully saturated rings. The molecule has 0 aliphatic heterocycles. The predicted octanol–water partition coefficient (Wildman–Crippen LogP) is 7.60. The molecule has 0 atom stereocenters. The number of hydrogen-bond acceptors (Lipinski definition) is 1. The maximum atomic E-state index is 13.3. The first kappa shape index (κ1) is 24.0. The summed E-state index contributed by atoms with van der Waals surface area (Å²) in [6.07, 6.45) is -4.17. The summed E-state index contributed by atoms with van der Waals surface area (Å²) in [6.45, 7) is 2.42. The van der Waals surface area contributed by atoms with Gasteiger partial charge in [0.05, 0.1) is 11.3 Å². The molecule has 2 amide bonds. The number of carbonyl (C=O) groups excluding carboxylic acids is 1. The lowest BCUT2D eigenvalue weighted by atomic mass is 10.1. The highest BCUT2D eigenvalue weighted by molar-refractivity contribution is 6.35. The third-order valence-electron chi connectivity index (χ3n) is 4.92. The molecule has 0 aromatic heterocycles. The number of para-hydroxylation sites is 1. The van der Waals surface area contributed by atoms with Crippen molar-refractivity contribution in [3.63, 3.8) is 0 Å². The zero-order chi connectivity index (χ0) is 23.3. The molecule has 0 saturated heterocycles. The summed E-state index contributed by atoms with van der Waals surface area (Å²) in [6, 6.07) is 17.0. The van der Waals surface area contributed by atoms with Crippen LogP contribution in [-0.4, -0.2) is 17.5 Å². The van der Waals surface area contributed by atoms with Gasteiger partial charge in [-0.1, -0.05) is 71.2 Å². The van der Waals surface area contributed by atoms with Crippen LogP contribution < -0.4 is 5.32 Å². The molecule has 8 heteroatoms. The van der Waals surface area contributed by atoms with Crippen LogP contribution >= 0.6 is 23.2 Å². The van der Waals surface area contributed by atoms with E-state index in [0.29, 0.717) is 16.5 Å². The van der Waals surface area contributed by atoms with Crippen LogP contribution in [0, 0.1) is 6.92 Å². The number of urea groups is 1. The van der Waals surface area contributed by atoms with E-state index in [0.717, 1.165) is 22.8 Å². The summed E-state index contributed by atoms with van der Waals surface area (Å²) in [5.74, 6) is 0. The minimum Gasteiger partial charge on any atom is -0.320 e. The molecule has 0 unspecified atom stereocenters. The molecule has 0 heterocycles. The van der Waals surface area contributed by atoms with E-state index in [1.165, 1.54) is 23.1 Å². The molecule has 0 aliphatic carbocycles. The van der Waals surface area contributed by atoms with Crippen molar-refractivity contribution in [2.45, 2.75) is 26.1 Å². The van der Waals surface area contributed by atoms with Crippen molar-refractivity contribution in [3.8, 4) is 0 Å². The normalized spacial score (nSPS) is 11.3. The van der Waals surface area contributed by atoms with E-state index in [-0.39, 0.29) is 18.8 Å². The summed E-state index contributed by atoms with van der Waals surface area (Å²) in [5, 5.41) is 3.39. The summed E-state index contributed by atoms with van der Waals surface area (Å²) >= 11 is 12.2. The molecule has 168 valence electrons. The van der Waals surface area contributed by atoms with Gasteiger partial charge in [-0.25, -0.2) is 4.79 Å². The molecule has 0 bridgehead atoms. The average molecular weight is 481 g/mol. The minimum atomic E-state index is -4.58. The monoisotopic (exact) mass is 480 g/mol. The van der Waals surface area contributed by atoms with Crippen LogP contribution in [0.1, 0.15) is 22.3 Å². The first-order valence-corrected chi connectivity index (χ1v) is 10.6. The number of carbonyl (C=O) groups is 1. The molecular weight excluding hydrogens is 460 g/mol. The SMILES string of the molecule is Cc1ccc(CN(CCc2ccc(Cl)cc2Cl)C(=O)Nc2ccccc2C(F)(F)F)cc1. The van der Waals surface area contributed by atoms with Crippen molar-refractivity contribution in [3.05, 3.63) is 99.0 Å². The largest absolute Gasteiger partial charge is 0.418 e. The van der Waals surface area contributed by atoms with Gasteiger partial charge in [-0.15, -0.1) is 0 Å². The smallest absolute Gasteiger partial charge is 0.320 e. The van der Waals surface area contributed by atoms with Crippen LogP contribution in [0.15, 0.2) is 66.7 Å². The number of benzene rings is 3. The lowest BCUT2D eigenvalue weighted by Crippen LogP contribution is -2.36. The number of anilines is 1. The van der Waals surface area contributed by atoms with Gasteiger partial charge in [0, 0.05) is 23.1 Å². The number of rotatable bonds is 6. The highest BCUT2D eigenvalue weighted by Crippen LogP contribution is 2.34. The maximum absolute atomic E-state index is 13.3. The van der Waals surface area contributed by atoms with E-state index in [9.17, 15) is 18.0 Å². The molecule has 1 N–H and O–H groups in total. The first-order chi connectivity index (χ1) is 15.1. The Morgan fingerprint density at radius 2 is 1.69 bits per heavy atom. The Morgan fingerprint density at radius 1 is 1.00 bits per heavy atom. The quantitative estimate of drug-likeness (QED) is 0.387. The number of amides is 2. The number of halogens is 5. The van der Waals surface area contributed by atoms with Gasteiger partial charge in [0.15, 0.2) is 0 Å². The second-order valence-corrected chi connectivity index (χ2v) is 8.21. The van der Waals surface area contributed by atoms with E-state index in [2.05, 4.69) is 5.32 Å². The average Bonchev–Trinajstić information content (AvgIpc) is 2.73. The summed E-state index contributed by atoms with van der Waals surface area (Å²) in [5.41, 5.74) is 1.52. The Morgan fingerprint density at radius 3 is 2.34 bits per heavy atom. The van der Waals surface area contributed by atoms with Gasteiger partial charge in [0.25, 0.3) is 0 Å². The Hall–Kier alpha value is -2.70. The van der Waals surface area contributed by atoms with Crippen LogP contribution in [0.4, 0.5) is 23.7 Å². The predicted molar refractivity (Wildman–Crippen MR) is 122 cm³/mol. The van der Waals surface area contributed by atoms with Crippen molar-refractivity contribution < 1.29 is 18.0 Å². The lowest BCUT2D eigenvalue weighted by Gasteiger charge is -2.25. The van der Waals surface area contributed by atoms with Crippen LogP contribution in [0.25, 0.3) is 0 Å². The van der Waals surface area contributed by atoms with Crippen molar-refractivity contribution in [2.75, 3.05) is 11.9 Å². The highest BCUT2D eigenvalue weighted by atomic mass is 35.5. The van der Waals surface area contributed by atoms with Gasteiger partial charge in [0.1, 0.15) is 0 Å². The first-order valence-electron chi connectivity index (χ1n) is 9.85. The fraction of sp³-hybridized carbons (Fsp3) is 0.208. The Balaban J connectivity index is 1.82. The lowest BCUT2D eigenvalue weighted by molar-refractivity contribution is -0.136. The van der Waals surface area contributed by atoms with Crippen molar-refractivity contribution in [1.29, 1.82) is 0 Å². The van der Waals surface area contributed by atoms with E-state index >= 15 is 0 Å². The zero-order valence-corrected chi connectivity index (χ0v) is 18.7. The summed E-state index contributed by atoms with van der Waals surface area (Å²) in [4.78, 5) is 14.5. The molecule has 0 radical (unpaired) electrons. The number of nitrogens with one attached hydrogen (secondary N) is 1. The highest BCUT2D eigenvalue weighted by Gasteiger charge is 2.34. The summed E-state index contributed by atoms with van der Waals surface area (Å²) in [7, 11) is 0. The molecule has 3 nitrogen and oxygen atoms in total. The van der Waals surface area contributed by atoms with Gasteiger partial charge in [-0.05, 0) is 48.7 Å². The second kappa shape index (κ2) is 10.3. The van der Waals surface area contributed by atoms with Crippen molar-refractivity contribution in [1.82, 2.24) is 4.90 Å². The van der Waals surface area contributed by atoms with Crippen LogP contribution in [-0.2, 0) is 19.1 Å². The van der Waals surface area contributed by atoms with E-state index in [1.807, 2.05) is 31.2 Å². The maximum Gasteiger partial charge on any atom is 0.418 e. The van der Waals surface area contributed by atoms with Crippen LogP contribution in [0.5, 0.6) is 0 Å². The van der Waals surface area contributed by atoms with Gasteiger partial charge < -0.3 is 10.2 Å². The Labute approximate surface area is 194 Å². The fourth-order valence-electron chi connectivity index (χ4n) is 3.18. The van der Waals surface area contributed by atoms with Gasteiger partial charge >= 0.3 is 12.2 Å². The van der Waals surface area contributed by atoms with Crippen molar-refractivity contribution in [2.24, 2.45) is 0 Å². The third-order valence-corrected chi connectivity index (χ3v) is 5.51. The van der Waals surface area contributed by atoms with Crippen LogP contribution in [0.3, 0.4) is 0 Å². The fourth-order valence-corrected chi connectivity index (χ4v) is 3.68. The second-order valence-electron chi connectivity index (χ2n) is 7.37.